The summed E-state index contributed by atoms with van der Waals surface area (Å²) in [5.41, 5.74) is 4.31. The highest BCUT2D eigenvalue weighted by atomic mass is 16.5. The van der Waals surface area contributed by atoms with E-state index in [9.17, 15) is 0 Å². The van der Waals surface area contributed by atoms with E-state index >= 15 is 0 Å². The molecule has 0 atom stereocenters. The molecule has 0 aliphatic rings. The zero-order valence-corrected chi connectivity index (χ0v) is 10.1. The highest BCUT2D eigenvalue weighted by molar-refractivity contribution is 5.94. The lowest BCUT2D eigenvalue weighted by Crippen LogP contribution is -2.09. The van der Waals surface area contributed by atoms with Gasteiger partial charge in [0, 0.05) is 11.6 Å². The highest BCUT2D eigenvalue weighted by Crippen LogP contribution is 2.28. The van der Waals surface area contributed by atoms with Crippen LogP contribution in [0.3, 0.4) is 0 Å². The van der Waals surface area contributed by atoms with E-state index in [-0.39, 0.29) is 0 Å². The van der Waals surface area contributed by atoms with Crippen LogP contribution in [-0.2, 0) is 0 Å². The molecule has 0 bridgehead atoms. The van der Waals surface area contributed by atoms with Gasteiger partial charge in [0.1, 0.15) is 11.8 Å². The van der Waals surface area contributed by atoms with E-state index in [1.54, 1.807) is 0 Å². The summed E-state index contributed by atoms with van der Waals surface area (Å²) < 4.78 is 5.56. The molecule has 18 heavy (non-hydrogen) atoms. The Morgan fingerprint density at radius 1 is 1.50 bits per heavy atom. The van der Waals surface area contributed by atoms with Gasteiger partial charge in [0.25, 0.3) is 0 Å². The molecule has 0 unspecified atom stereocenters. The summed E-state index contributed by atoms with van der Waals surface area (Å²) in [6, 6.07) is 7.60. The van der Waals surface area contributed by atoms with Gasteiger partial charge >= 0.3 is 0 Å². The minimum absolute atomic E-state index is 0.414. The molecule has 92 valence electrons. The van der Waals surface area contributed by atoms with E-state index in [1.807, 2.05) is 25.1 Å². The summed E-state index contributed by atoms with van der Waals surface area (Å²) >= 11 is 0. The van der Waals surface area contributed by atoms with Crippen molar-refractivity contribution >= 4 is 16.6 Å². The summed E-state index contributed by atoms with van der Waals surface area (Å²) in [5, 5.41) is 9.79. The second-order valence-electron chi connectivity index (χ2n) is 3.83. The average molecular weight is 242 g/mol. The normalized spacial score (nSPS) is 10.1. The van der Waals surface area contributed by atoms with Crippen molar-refractivity contribution in [3.63, 3.8) is 0 Å². The van der Waals surface area contributed by atoms with Gasteiger partial charge in [-0.05, 0) is 24.6 Å². The number of nitrogens with one attached hydrogen (secondary N) is 1. The van der Waals surface area contributed by atoms with Crippen molar-refractivity contribution in [1.29, 1.82) is 5.26 Å². The molecule has 0 saturated heterocycles. The molecule has 5 heteroatoms. The largest absolute Gasteiger partial charge is 0.494 e. The molecular formula is C13H14N4O. The van der Waals surface area contributed by atoms with E-state index in [1.165, 1.54) is 6.20 Å². The van der Waals surface area contributed by atoms with Gasteiger partial charge in [-0.25, -0.2) is 0 Å². The van der Waals surface area contributed by atoms with Crippen molar-refractivity contribution < 1.29 is 4.74 Å². The van der Waals surface area contributed by atoms with Gasteiger partial charge in [-0.15, -0.1) is 0 Å². The first kappa shape index (κ1) is 12.1. The molecule has 1 aromatic heterocycles. The van der Waals surface area contributed by atoms with Crippen molar-refractivity contribution in [3.05, 3.63) is 30.0 Å². The number of fused-ring (bicyclic) bond motifs is 1. The SMILES string of the molecule is CCCOc1ccc2ncc(C#N)c(NN)c2c1. The molecule has 3 N–H and O–H groups in total. The predicted octanol–water partition coefficient (Wildman–Crippen LogP) is 2.18. The number of pyridine rings is 1. The van der Waals surface area contributed by atoms with Crippen LogP contribution >= 0.6 is 0 Å². The highest BCUT2D eigenvalue weighted by Gasteiger charge is 2.08. The summed E-state index contributed by atoms with van der Waals surface area (Å²) in [5.74, 6) is 6.22. The minimum Gasteiger partial charge on any atom is -0.494 e. The Labute approximate surface area is 105 Å². The molecule has 2 aromatic rings. The number of rotatable bonds is 4. The number of nitrogen functional groups attached to an aromatic ring is 1. The molecule has 2 rings (SSSR count). The van der Waals surface area contributed by atoms with E-state index in [2.05, 4.69) is 16.5 Å². The molecule has 5 nitrogen and oxygen atoms in total. The third-order valence-electron chi connectivity index (χ3n) is 2.58. The van der Waals surface area contributed by atoms with Crippen LogP contribution in [0.1, 0.15) is 18.9 Å². The standard InChI is InChI=1S/C13H14N4O/c1-2-5-18-10-3-4-12-11(6-10)13(17-15)9(7-14)8-16-12/h3-4,6,8H,2,5,15H2,1H3,(H,16,17). The zero-order chi connectivity index (χ0) is 13.0. The van der Waals surface area contributed by atoms with Gasteiger partial charge in [-0.1, -0.05) is 6.92 Å². The molecule has 0 fully saturated rings. The number of anilines is 1. The van der Waals surface area contributed by atoms with Crippen molar-refractivity contribution in [1.82, 2.24) is 4.98 Å². The third kappa shape index (κ3) is 2.19. The lowest BCUT2D eigenvalue weighted by molar-refractivity contribution is 0.318. The fourth-order valence-electron chi connectivity index (χ4n) is 1.72. The molecule has 0 radical (unpaired) electrons. The third-order valence-corrected chi connectivity index (χ3v) is 2.58. The Morgan fingerprint density at radius 2 is 2.33 bits per heavy atom. The van der Waals surface area contributed by atoms with Gasteiger partial charge in [-0.2, -0.15) is 5.26 Å². The maximum Gasteiger partial charge on any atom is 0.120 e. The molecule has 1 heterocycles. The molecular weight excluding hydrogens is 228 g/mol. The van der Waals surface area contributed by atoms with E-state index in [0.717, 1.165) is 23.1 Å². The Bertz CT molecular complexity index is 604. The number of nitrogens with zero attached hydrogens (tertiary/aromatic N) is 2. The van der Waals surface area contributed by atoms with Gasteiger partial charge in [-0.3, -0.25) is 10.8 Å². The first-order valence-corrected chi connectivity index (χ1v) is 5.72. The summed E-state index contributed by atoms with van der Waals surface area (Å²) in [6.07, 6.45) is 2.45. The topological polar surface area (TPSA) is 84.0 Å². The Morgan fingerprint density at radius 3 is 3.00 bits per heavy atom. The van der Waals surface area contributed by atoms with Crippen molar-refractivity contribution in [2.75, 3.05) is 12.0 Å². The lowest BCUT2D eigenvalue weighted by atomic mass is 10.1. The Hall–Kier alpha value is -2.32. The van der Waals surface area contributed by atoms with Crippen LogP contribution in [0.25, 0.3) is 10.9 Å². The van der Waals surface area contributed by atoms with Gasteiger partial charge in [0.2, 0.25) is 0 Å². The molecule has 0 aliphatic carbocycles. The number of nitriles is 1. The number of hydrogen-bond acceptors (Lipinski definition) is 5. The fourth-order valence-corrected chi connectivity index (χ4v) is 1.72. The van der Waals surface area contributed by atoms with Crippen LogP contribution in [0.15, 0.2) is 24.4 Å². The molecule has 0 aliphatic heterocycles. The first-order valence-electron chi connectivity index (χ1n) is 5.72. The molecule has 0 amide bonds. The van der Waals surface area contributed by atoms with Crippen LogP contribution in [0, 0.1) is 11.3 Å². The van der Waals surface area contributed by atoms with Crippen LogP contribution in [0.2, 0.25) is 0 Å². The number of nitrogens with two attached hydrogens (primary N) is 1. The van der Waals surface area contributed by atoms with E-state index in [4.69, 9.17) is 15.8 Å². The second-order valence-corrected chi connectivity index (χ2v) is 3.83. The van der Waals surface area contributed by atoms with Gasteiger partial charge < -0.3 is 10.2 Å². The maximum atomic E-state index is 9.00. The van der Waals surface area contributed by atoms with Gasteiger partial charge in [0.15, 0.2) is 0 Å². The van der Waals surface area contributed by atoms with Crippen molar-refractivity contribution in [3.8, 4) is 11.8 Å². The predicted molar refractivity (Wildman–Crippen MR) is 70.1 cm³/mol. The first-order chi connectivity index (χ1) is 8.80. The summed E-state index contributed by atoms with van der Waals surface area (Å²) in [6.45, 7) is 2.70. The summed E-state index contributed by atoms with van der Waals surface area (Å²) in [4.78, 5) is 4.21. The van der Waals surface area contributed by atoms with Crippen molar-refractivity contribution in [2.24, 2.45) is 5.84 Å². The van der Waals surface area contributed by atoms with E-state index < -0.39 is 0 Å². The van der Waals surface area contributed by atoms with Crippen LogP contribution < -0.4 is 16.0 Å². The fraction of sp³-hybridized carbons (Fsp3) is 0.231. The smallest absolute Gasteiger partial charge is 0.120 e. The second kappa shape index (κ2) is 5.34. The Kier molecular flexibility index (Phi) is 3.60. The summed E-state index contributed by atoms with van der Waals surface area (Å²) in [7, 11) is 0. The molecule has 1 aromatic carbocycles. The quantitative estimate of drug-likeness (QED) is 0.634. The monoisotopic (exact) mass is 242 g/mol. The number of ether oxygens (including phenoxy) is 1. The molecule has 0 saturated carbocycles. The maximum absolute atomic E-state index is 9.00. The van der Waals surface area contributed by atoms with Crippen LogP contribution in [0.4, 0.5) is 5.69 Å². The zero-order valence-electron chi connectivity index (χ0n) is 10.1. The lowest BCUT2D eigenvalue weighted by Gasteiger charge is -2.09. The number of aromatic nitrogens is 1. The Balaban J connectivity index is 2.55. The minimum atomic E-state index is 0.414. The molecule has 0 spiro atoms. The van der Waals surface area contributed by atoms with Gasteiger partial charge in [0.05, 0.1) is 23.4 Å². The number of hydrazine groups is 1. The van der Waals surface area contributed by atoms with Crippen LogP contribution in [-0.4, -0.2) is 11.6 Å². The average Bonchev–Trinajstić information content (AvgIpc) is 2.43. The number of benzene rings is 1. The van der Waals surface area contributed by atoms with Crippen LogP contribution in [0.5, 0.6) is 5.75 Å². The van der Waals surface area contributed by atoms with E-state index in [0.29, 0.717) is 17.9 Å². The number of hydrogen-bond donors (Lipinski definition) is 2. The van der Waals surface area contributed by atoms with Crippen molar-refractivity contribution in [2.45, 2.75) is 13.3 Å².